The Labute approximate surface area is 79.2 Å². The molecular weight excluding hydrogens is 158 g/mol. The molecule has 1 nitrogen and oxygen atoms in total. The molecule has 3 unspecified atom stereocenters. The third-order valence-corrected chi connectivity index (χ3v) is 3.75. The maximum atomic E-state index is 3.46. The van der Waals surface area contributed by atoms with E-state index in [1.807, 2.05) is 0 Å². The molecule has 68 valence electrons. The van der Waals surface area contributed by atoms with E-state index in [0.29, 0.717) is 0 Å². The van der Waals surface area contributed by atoms with Gasteiger partial charge in [-0.3, -0.25) is 0 Å². The lowest BCUT2D eigenvalue weighted by Crippen LogP contribution is -2.63. The highest BCUT2D eigenvalue weighted by molar-refractivity contribution is 5.33. The zero-order valence-corrected chi connectivity index (χ0v) is 7.96. The zero-order valence-electron chi connectivity index (χ0n) is 7.96. The van der Waals surface area contributed by atoms with Crippen LogP contribution in [-0.2, 0) is 0 Å². The number of fused-ring (bicyclic) bond motifs is 1. The number of aryl methyl sites for hydroxylation is 1. The first-order valence-electron chi connectivity index (χ1n) is 5.15. The Morgan fingerprint density at radius 3 is 2.69 bits per heavy atom. The molecule has 1 heteroatoms. The first kappa shape index (κ1) is 7.57. The molecule has 3 rings (SSSR count). The average molecular weight is 173 g/mol. The molecular formula is C12H15N. The quantitative estimate of drug-likeness (QED) is 0.685. The van der Waals surface area contributed by atoms with Crippen LogP contribution in [0.3, 0.4) is 0 Å². The summed E-state index contributed by atoms with van der Waals surface area (Å²) < 4.78 is 0. The molecule has 1 N–H and O–H groups in total. The average Bonchev–Trinajstić information content (AvgIpc) is 2.11. The smallest absolute Gasteiger partial charge is 0.0119 e. The fourth-order valence-electron chi connectivity index (χ4n) is 2.71. The summed E-state index contributed by atoms with van der Waals surface area (Å²) in [5.41, 5.74) is 3.06. The van der Waals surface area contributed by atoms with Crippen molar-refractivity contribution < 1.29 is 0 Å². The van der Waals surface area contributed by atoms with E-state index in [1.165, 1.54) is 18.5 Å². The highest BCUT2D eigenvalue weighted by Gasteiger charge is 2.47. The van der Waals surface area contributed by atoms with Crippen molar-refractivity contribution in [2.24, 2.45) is 5.92 Å². The predicted octanol–water partition coefficient (Wildman–Crippen LogP) is 2.07. The molecule has 1 heterocycles. The Kier molecular flexibility index (Phi) is 1.50. The first-order valence-corrected chi connectivity index (χ1v) is 5.15. The van der Waals surface area contributed by atoms with Crippen molar-refractivity contribution >= 4 is 0 Å². The van der Waals surface area contributed by atoms with Gasteiger partial charge in [0.25, 0.3) is 0 Å². The van der Waals surface area contributed by atoms with Gasteiger partial charge in [0.05, 0.1) is 0 Å². The second-order valence-electron chi connectivity index (χ2n) is 4.38. The Balaban J connectivity index is 1.89. The summed E-state index contributed by atoms with van der Waals surface area (Å²) in [5, 5.41) is 3.46. The lowest BCUT2D eigenvalue weighted by Gasteiger charge is -2.54. The zero-order chi connectivity index (χ0) is 8.84. The third-order valence-electron chi connectivity index (χ3n) is 3.75. The van der Waals surface area contributed by atoms with E-state index in [-0.39, 0.29) is 0 Å². The predicted molar refractivity (Wildman–Crippen MR) is 53.8 cm³/mol. The van der Waals surface area contributed by atoms with Crippen LogP contribution < -0.4 is 5.32 Å². The molecule has 13 heavy (non-hydrogen) atoms. The normalized spacial score (nSPS) is 35.9. The number of hydrogen-bond acceptors (Lipinski definition) is 1. The summed E-state index contributed by atoms with van der Waals surface area (Å²) in [7, 11) is 0. The van der Waals surface area contributed by atoms with E-state index >= 15 is 0 Å². The molecule has 1 aromatic rings. The number of nitrogens with one attached hydrogen (secondary N) is 1. The molecule has 2 aliphatic rings. The van der Waals surface area contributed by atoms with Crippen LogP contribution in [0, 0.1) is 12.8 Å². The minimum atomic E-state index is 0.851. The highest BCUT2D eigenvalue weighted by atomic mass is 15.0. The van der Waals surface area contributed by atoms with Gasteiger partial charge >= 0.3 is 0 Å². The monoisotopic (exact) mass is 173 g/mol. The van der Waals surface area contributed by atoms with E-state index in [9.17, 15) is 0 Å². The van der Waals surface area contributed by atoms with Gasteiger partial charge in [-0.1, -0.05) is 24.3 Å². The molecule has 3 atom stereocenters. The van der Waals surface area contributed by atoms with Crippen molar-refractivity contribution in [2.45, 2.75) is 25.3 Å². The van der Waals surface area contributed by atoms with Gasteiger partial charge in [-0.25, -0.2) is 0 Å². The van der Waals surface area contributed by atoms with Gasteiger partial charge in [0.1, 0.15) is 0 Å². The van der Waals surface area contributed by atoms with Gasteiger partial charge in [-0.15, -0.1) is 0 Å². The molecule has 1 aliphatic carbocycles. The molecule has 1 saturated carbocycles. The van der Waals surface area contributed by atoms with Crippen molar-refractivity contribution in [3.63, 3.8) is 0 Å². The fourth-order valence-corrected chi connectivity index (χ4v) is 2.71. The summed E-state index contributed by atoms with van der Waals surface area (Å²) in [6.07, 6.45) is 1.36. The van der Waals surface area contributed by atoms with Crippen molar-refractivity contribution in [1.29, 1.82) is 0 Å². The minimum absolute atomic E-state index is 0.851. The third kappa shape index (κ3) is 0.969. The Hall–Kier alpha value is -0.820. The second-order valence-corrected chi connectivity index (χ2v) is 4.38. The van der Waals surface area contributed by atoms with E-state index in [0.717, 1.165) is 17.9 Å². The number of hydrogen-bond donors (Lipinski definition) is 1. The van der Waals surface area contributed by atoms with Crippen LogP contribution in [-0.4, -0.2) is 12.6 Å². The first-order chi connectivity index (χ1) is 6.36. The van der Waals surface area contributed by atoms with Crippen LogP contribution >= 0.6 is 0 Å². The van der Waals surface area contributed by atoms with E-state index in [1.54, 1.807) is 5.56 Å². The number of benzene rings is 1. The van der Waals surface area contributed by atoms with Gasteiger partial charge in [-0.05, 0) is 36.3 Å². The summed E-state index contributed by atoms with van der Waals surface area (Å²) in [5.74, 6) is 1.80. The molecule has 0 spiro atoms. The summed E-state index contributed by atoms with van der Waals surface area (Å²) in [4.78, 5) is 0. The van der Waals surface area contributed by atoms with E-state index in [4.69, 9.17) is 0 Å². The second kappa shape index (κ2) is 2.58. The van der Waals surface area contributed by atoms with Crippen molar-refractivity contribution in [2.75, 3.05) is 6.54 Å². The highest BCUT2D eigenvalue weighted by Crippen LogP contribution is 2.47. The van der Waals surface area contributed by atoms with E-state index < -0.39 is 0 Å². The van der Waals surface area contributed by atoms with Gasteiger partial charge in [0, 0.05) is 12.6 Å². The van der Waals surface area contributed by atoms with Crippen molar-refractivity contribution in [1.82, 2.24) is 5.32 Å². The molecule has 0 bridgehead atoms. The van der Waals surface area contributed by atoms with Gasteiger partial charge in [0.2, 0.25) is 0 Å². The van der Waals surface area contributed by atoms with Gasteiger partial charge in [-0.2, -0.15) is 0 Å². The summed E-state index contributed by atoms with van der Waals surface area (Å²) >= 11 is 0. The molecule has 0 radical (unpaired) electrons. The van der Waals surface area contributed by atoms with Crippen LogP contribution in [0.1, 0.15) is 23.5 Å². The maximum absolute atomic E-state index is 3.46. The Bertz CT molecular complexity index is 332. The molecule has 2 fully saturated rings. The number of piperidine rings is 1. The lowest BCUT2D eigenvalue weighted by atomic mass is 9.61. The van der Waals surface area contributed by atoms with Crippen LogP contribution in [0.15, 0.2) is 24.3 Å². The Morgan fingerprint density at radius 2 is 2.15 bits per heavy atom. The number of rotatable bonds is 1. The van der Waals surface area contributed by atoms with Crippen LogP contribution in [0.4, 0.5) is 0 Å². The molecule has 0 amide bonds. The minimum Gasteiger partial charge on any atom is -0.313 e. The summed E-state index contributed by atoms with van der Waals surface area (Å²) in [6, 6.07) is 9.68. The molecule has 0 aromatic heterocycles. The lowest BCUT2D eigenvalue weighted by molar-refractivity contribution is 0.0748. The maximum Gasteiger partial charge on any atom is 0.0119 e. The van der Waals surface area contributed by atoms with Gasteiger partial charge < -0.3 is 5.32 Å². The van der Waals surface area contributed by atoms with Crippen LogP contribution in [0.2, 0.25) is 0 Å². The fraction of sp³-hybridized carbons (Fsp3) is 0.500. The molecule has 1 saturated heterocycles. The topological polar surface area (TPSA) is 12.0 Å². The molecule has 1 aliphatic heterocycles. The molecule has 1 aromatic carbocycles. The SMILES string of the molecule is Cc1ccccc1C1CC2NCC21. The van der Waals surface area contributed by atoms with Gasteiger partial charge in [0.15, 0.2) is 0 Å². The van der Waals surface area contributed by atoms with Crippen LogP contribution in [0.25, 0.3) is 0 Å². The Morgan fingerprint density at radius 1 is 1.31 bits per heavy atom. The van der Waals surface area contributed by atoms with E-state index in [2.05, 4.69) is 36.5 Å². The largest absolute Gasteiger partial charge is 0.313 e. The summed E-state index contributed by atoms with van der Waals surface area (Å²) in [6.45, 7) is 3.47. The van der Waals surface area contributed by atoms with Crippen molar-refractivity contribution in [3.05, 3.63) is 35.4 Å². The standard InChI is InChI=1S/C12H15N/c1-8-4-2-3-5-9(8)10-6-12-11(10)7-13-12/h2-5,10-13H,6-7H2,1H3. The van der Waals surface area contributed by atoms with Crippen molar-refractivity contribution in [3.8, 4) is 0 Å². The van der Waals surface area contributed by atoms with Crippen LogP contribution in [0.5, 0.6) is 0 Å².